The van der Waals surface area contributed by atoms with Gasteiger partial charge in [0.2, 0.25) is 5.91 Å². The molecule has 146 valence electrons. The normalized spacial score (nSPS) is 19.0. The highest BCUT2D eigenvalue weighted by atomic mass is 35.5. The van der Waals surface area contributed by atoms with Crippen LogP contribution in [-0.2, 0) is 9.53 Å². The van der Waals surface area contributed by atoms with Crippen LogP contribution in [0.15, 0.2) is 0 Å². The number of alkyl halides is 3. The first kappa shape index (κ1) is 26.0. The van der Waals surface area contributed by atoms with E-state index in [1.807, 2.05) is 0 Å². The van der Waals surface area contributed by atoms with Crippen LogP contribution in [0.5, 0.6) is 0 Å². The second kappa shape index (κ2) is 12.1. The Bertz CT molecular complexity index is 359. The first-order valence-electron chi connectivity index (χ1n) is 7.58. The van der Waals surface area contributed by atoms with Crippen molar-refractivity contribution in [3.63, 3.8) is 0 Å². The van der Waals surface area contributed by atoms with Crippen LogP contribution in [0, 0.1) is 5.92 Å². The van der Waals surface area contributed by atoms with E-state index in [4.69, 9.17) is 10.5 Å². The van der Waals surface area contributed by atoms with E-state index in [1.54, 1.807) is 11.8 Å². The summed E-state index contributed by atoms with van der Waals surface area (Å²) in [7, 11) is 1.51. The average molecular weight is 398 g/mol. The fourth-order valence-corrected chi connectivity index (χ4v) is 2.72. The van der Waals surface area contributed by atoms with Crippen molar-refractivity contribution in [3.8, 4) is 0 Å². The van der Waals surface area contributed by atoms with Crippen molar-refractivity contribution in [2.75, 3.05) is 46.4 Å². The molecule has 0 aliphatic carbocycles. The lowest BCUT2D eigenvalue weighted by Crippen LogP contribution is -2.39. The van der Waals surface area contributed by atoms with Gasteiger partial charge in [0.15, 0.2) is 0 Å². The summed E-state index contributed by atoms with van der Waals surface area (Å²) in [5.41, 5.74) is 5.49. The van der Waals surface area contributed by atoms with Crippen molar-refractivity contribution in [2.24, 2.45) is 11.7 Å². The van der Waals surface area contributed by atoms with Gasteiger partial charge >= 0.3 is 6.18 Å². The molecule has 1 heterocycles. The fraction of sp³-hybridized carbons (Fsp3) is 0.929. The summed E-state index contributed by atoms with van der Waals surface area (Å²) < 4.78 is 42.5. The molecular formula is C14H28Cl2F3N3O2. The highest BCUT2D eigenvalue weighted by molar-refractivity contribution is 5.85. The van der Waals surface area contributed by atoms with E-state index in [0.29, 0.717) is 26.2 Å². The van der Waals surface area contributed by atoms with Crippen LogP contribution in [0.25, 0.3) is 0 Å². The van der Waals surface area contributed by atoms with Gasteiger partial charge in [0.05, 0.1) is 19.1 Å². The number of ether oxygens (including phenoxy) is 1. The Hall–Kier alpha value is -0.280. The molecule has 2 N–H and O–H groups in total. The molecule has 1 saturated heterocycles. The molecule has 1 amide bonds. The molecule has 2 atom stereocenters. The van der Waals surface area contributed by atoms with Gasteiger partial charge in [-0.25, -0.2) is 0 Å². The lowest BCUT2D eigenvalue weighted by molar-refractivity contribution is -0.147. The third-order valence-corrected chi connectivity index (χ3v) is 4.00. The number of rotatable bonds is 8. The zero-order valence-corrected chi connectivity index (χ0v) is 15.7. The lowest BCUT2D eigenvalue weighted by atomic mass is 10.1. The van der Waals surface area contributed by atoms with Gasteiger partial charge in [0.25, 0.3) is 0 Å². The maximum atomic E-state index is 12.5. The SMILES string of the molecule is CCN(CC1CCN(C(=O)CC(CN)OC)C1)CC(F)(F)F.Cl.Cl. The highest BCUT2D eigenvalue weighted by Gasteiger charge is 2.33. The number of halogens is 5. The van der Waals surface area contributed by atoms with Crippen molar-refractivity contribution < 1.29 is 22.7 Å². The van der Waals surface area contributed by atoms with E-state index in [0.717, 1.165) is 6.42 Å². The molecule has 1 fully saturated rings. The molecule has 1 aliphatic heterocycles. The molecule has 0 radical (unpaired) electrons. The average Bonchev–Trinajstić information content (AvgIpc) is 2.90. The molecule has 1 rings (SSSR count). The van der Waals surface area contributed by atoms with E-state index in [-0.39, 0.29) is 55.7 Å². The smallest absolute Gasteiger partial charge is 0.380 e. The fourth-order valence-electron chi connectivity index (χ4n) is 2.72. The summed E-state index contributed by atoms with van der Waals surface area (Å²) in [6, 6.07) is 0. The molecule has 0 aromatic rings. The van der Waals surface area contributed by atoms with Crippen molar-refractivity contribution in [3.05, 3.63) is 0 Å². The Balaban J connectivity index is 0. The van der Waals surface area contributed by atoms with Crippen molar-refractivity contribution in [2.45, 2.75) is 32.0 Å². The number of likely N-dealkylation sites (tertiary alicyclic amines) is 1. The zero-order valence-electron chi connectivity index (χ0n) is 14.1. The van der Waals surface area contributed by atoms with Gasteiger partial charge in [-0.1, -0.05) is 6.92 Å². The first-order valence-corrected chi connectivity index (χ1v) is 7.58. The predicted octanol–water partition coefficient (Wildman–Crippen LogP) is 1.93. The number of carbonyl (C=O) groups is 1. The van der Waals surface area contributed by atoms with Crippen molar-refractivity contribution in [1.29, 1.82) is 0 Å². The molecule has 0 bridgehead atoms. The monoisotopic (exact) mass is 397 g/mol. The molecule has 0 aromatic heterocycles. The largest absolute Gasteiger partial charge is 0.401 e. The number of carbonyl (C=O) groups excluding carboxylic acids is 1. The van der Waals surface area contributed by atoms with Gasteiger partial charge in [0, 0.05) is 33.3 Å². The van der Waals surface area contributed by atoms with Crippen molar-refractivity contribution >= 4 is 30.7 Å². The van der Waals surface area contributed by atoms with Gasteiger partial charge < -0.3 is 15.4 Å². The molecule has 10 heteroatoms. The summed E-state index contributed by atoms with van der Waals surface area (Å²) in [6.45, 7) is 2.91. The van der Waals surface area contributed by atoms with Crippen LogP contribution in [-0.4, -0.2) is 74.4 Å². The molecule has 0 spiro atoms. The van der Waals surface area contributed by atoms with E-state index in [1.165, 1.54) is 12.0 Å². The number of hydrogen-bond acceptors (Lipinski definition) is 4. The van der Waals surface area contributed by atoms with E-state index >= 15 is 0 Å². The van der Waals surface area contributed by atoms with Crippen LogP contribution in [0.3, 0.4) is 0 Å². The molecular weight excluding hydrogens is 370 g/mol. The van der Waals surface area contributed by atoms with Gasteiger partial charge in [-0.2, -0.15) is 13.2 Å². The quantitative estimate of drug-likeness (QED) is 0.679. The summed E-state index contributed by atoms with van der Waals surface area (Å²) in [5, 5.41) is 0. The third kappa shape index (κ3) is 9.27. The Morgan fingerprint density at radius 1 is 1.42 bits per heavy atom. The zero-order chi connectivity index (χ0) is 16.8. The van der Waals surface area contributed by atoms with E-state index in [2.05, 4.69) is 0 Å². The minimum atomic E-state index is -4.18. The van der Waals surface area contributed by atoms with Crippen LogP contribution >= 0.6 is 24.8 Å². The van der Waals surface area contributed by atoms with Crippen molar-refractivity contribution in [1.82, 2.24) is 9.80 Å². The number of methoxy groups -OCH3 is 1. The second-order valence-electron chi connectivity index (χ2n) is 5.73. The maximum absolute atomic E-state index is 12.5. The number of nitrogens with two attached hydrogens (primary N) is 1. The molecule has 0 saturated carbocycles. The standard InChI is InChI=1S/C14H26F3N3O2.2ClH/c1-3-19(10-14(15,16)17)8-11-4-5-20(9-11)13(21)6-12(7-18)22-2;;/h11-12H,3-10,18H2,1-2H3;2*1H. The Labute approximate surface area is 153 Å². The lowest BCUT2D eigenvalue weighted by Gasteiger charge is -2.25. The van der Waals surface area contributed by atoms with E-state index in [9.17, 15) is 18.0 Å². The topological polar surface area (TPSA) is 58.8 Å². The summed E-state index contributed by atoms with van der Waals surface area (Å²) >= 11 is 0. The molecule has 1 aliphatic rings. The van der Waals surface area contributed by atoms with Gasteiger partial charge in [0.1, 0.15) is 0 Å². The van der Waals surface area contributed by atoms with Crippen LogP contribution in [0.4, 0.5) is 13.2 Å². The Morgan fingerprint density at radius 2 is 2.04 bits per heavy atom. The third-order valence-electron chi connectivity index (χ3n) is 4.00. The second-order valence-corrected chi connectivity index (χ2v) is 5.73. The highest BCUT2D eigenvalue weighted by Crippen LogP contribution is 2.22. The number of nitrogens with zero attached hydrogens (tertiary/aromatic N) is 2. The minimum Gasteiger partial charge on any atom is -0.380 e. The van der Waals surface area contributed by atoms with Crippen LogP contribution < -0.4 is 5.73 Å². The molecule has 24 heavy (non-hydrogen) atoms. The van der Waals surface area contributed by atoms with Gasteiger partial charge in [-0.3, -0.25) is 9.69 Å². The Kier molecular flexibility index (Phi) is 13.1. The predicted molar refractivity (Wildman–Crippen MR) is 91.8 cm³/mol. The first-order chi connectivity index (χ1) is 10.3. The summed E-state index contributed by atoms with van der Waals surface area (Å²) in [5.74, 6) is 0.0452. The summed E-state index contributed by atoms with van der Waals surface area (Å²) in [6.07, 6.45) is -3.53. The number of amides is 1. The van der Waals surface area contributed by atoms with Crippen LogP contribution in [0.1, 0.15) is 19.8 Å². The maximum Gasteiger partial charge on any atom is 0.401 e. The molecule has 5 nitrogen and oxygen atoms in total. The van der Waals surface area contributed by atoms with E-state index < -0.39 is 12.7 Å². The minimum absolute atomic E-state index is 0. The van der Waals surface area contributed by atoms with Gasteiger partial charge in [-0.15, -0.1) is 24.8 Å². The van der Waals surface area contributed by atoms with Crippen LogP contribution in [0.2, 0.25) is 0 Å². The Morgan fingerprint density at radius 3 is 2.50 bits per heavy atom. The summed E-state index contributed by atoms with van der Waals surface area (Å²) in [4.78, 5) is 15.2. The van der Waals surface area contributed by atoms with Gasteiger partial charge in [-0.05, 0) is 18.9 Å². The molecule has 0 aromatic carbocycles. The number of hydrogen-bond donors (Lipinski definition) is 1. The molecule has 2 unspecified atom stereocenters.